The summed E-state index contributed by atoms with van der Waals surface area (Å²) in [4.78, 5) is 1.47. The predicted octanol–water partition coefficient (Wildman–Crippen LogP) is 4.50. The normalized spacial score (nSPS) is 9.94. The lowest BCUT2D eigenvalue weighted by Gasteiger charge is -2.04. The molecule has 1 nitrogen and oxygen atoms in total. The molecular weight excluding hydrogens is 257 g/mol. The fraction of sp³-hybridized carbons (Fsp3) is 0. The Morgan fingerprint density at radius 1 is 1.18 bits per heavy atom. The molecule has 0 aliphatic rings. The van der Waals surface area contributed by atoms with E-state index in [4.69, 9.17) is 16.9 Å². The third-order valence-corrected chi connectivity index (χ3v) is 3.40. The summed E-state index contributed by atoms with van der Waals surface area (Å²) in [5.41, 5.74) is 0.0671. The van der Waals surface area contributed by atoms with Gasteiger partial charge < -0.3 is 0 Å². The van der Waals surface area contributed by atoms with E-state index in [1.54, 1.807) is 24.3 Å². The van der Waals surface area contributed by atoms with Crippen LogP contribution in [-0.2, 0) is 0 Å². The van der Waals surface area contributed by atoms with Gasteiger partial charge in [0.05, 0.1) is 0 Å². The highest BCUT2D eigenvalue weighted by molar-refractivity contribution is 7.99. The van der Waals surface area contributed by atoms with Crippen LogP contribution in [0.3, 0.4) is 0 Å². The SMILES string of the molecule is N#Cc1c(F)cccc1Sc1cccc(Cl)c1. The van der Waals surface area contributed by atoms with E-state index < -0.39 is 5.82 Å². The minimum Gasteiger partial charge on any atom is -0.206 e. The summed E-state index contributed by atoms with van der Waals surface area (Å²) in [7, 11) is 0. The molecule has 0 unspecified atom stereocenters. The largest absolute Gasteiger partial charge is 0.206 e. The van der Waals surface area contributed by atoms with E-state index in [1.165, 1.54) is 17.8 Å². The number of benzene rings is 2. The van der Waals surface area contributed by atoms with Crippen molar-refractivity contribution in [1.82, 2.24) is 0 Å². The summed E-state index contributed by atoms with van der Waals surface area (Å²) in [6, 6.07) is 13.7. The van der Waals surface area contributed by atoms with Gasteiger partial charge in [0.25, 0.3) is 0 Å². The Kier molecular flexibility index (Phi) is 3.68. The van der Waals surface area contributed by atoms with Gasteiger partial charge in [-0.05, 0) is 30.3 Å². The molecule has 0 aliphatic heterocycles. The lowest BCUT2D eigenvalue weighted by atomic mass is 10.2. The molecule has 0 bridgehead atoms. The van der Waals surface area contributed by atoms with E-state index in [-0.39, 0.29) is 5.56 Å². The topological polar surface area (TPSA) is 23.8 Å². The lowest BCUT2D eigenvalue weighted by Crippen LogP contribution is -1.86. The maximum Gasteiger partial charge on any atom is 0.142 e. The molecule has 2 rings (SSSR count). The second kappa shape index (κ2) is 5.22. The first-order valence-corrected chi connectivity index (χ1v) is 6.02. The van der Waals surface area contributed by atoms with Gasteiger partial charge in [0.1, 0.15) is 17.4 Å². The second-order valence-corrected chi connectivity index (χ2v) is 4.84. The van der Waals surface area contributed by atoms with Gasteiger partial charge in [-0.1, -0.05) is 35.5 Å². The van der Waals surface area contributed by atoms with Crippen molar-refractivity contribution in [3.8, 4) is 6.07 Å². The zero-order chi connectivity index (χ0) is 12.3. The second-order valence-electron chi connectivity index (χ2n) is 3.28. The molecule has 0 saturated carbocycles. The molecule has 4 heteroatoms. The van der Waals surface area contributed by atoms with Gasteiger partial charge in [0.2, 0.25) is 0 Å². The number of rotatable bonds is 2. The summed E-state index contributed by atoms with van der Waals surface area (Å²) in [6.45, 7) is 0. The number of hydrogen-bond donors (Lipinski definition) is 0. The van der Waals surface area contributed by atoms with Crippen molar-refractivity contribution in [2.75, 3.05) is 0 Å². The molecule has 0 aromatic heterocycles. The Morgan fingerprint density at radius 2 is 1.94 bits per heavy atom. The van der Waals surface area contributed by atoms with Gasteiger partial charge in [-0.15, -0.1) is 0 Å². The van der Waals surface area contributed by atoms with Crippen LogP contribution in [0.1, 0.15) is 5.56 Å². The number of nitriles is 1. The zero-order valence-electron chi connectivity index (χ0n) is 8.65. The molecule has 0 atom stereocenters. The quantitative estimate of drug-likeness (QED) is 0.796. The van der Waals surface area contributed by atoms with E-state index >= 15 is 0 Å². The van der Waals surface area contributed by atoms with Crippen molar-refractivity contribution >= 4 is 23.4 Å². The maximum absolute atomic E-state index is 13.4. The first kappa shape index (κ1) is 12.0. The molecule has 17 heavy (non-hydrogen) atoms. The van der Waals surface area contributed by atoms with Crippen molar-refractivity contribution in [2.24, 2.45) is 0 Å². The standard InChI is InChI=1S/C13H7ClFNS/c14-9-3-1-4-10(7-9)17-13-6-2-5-12(15)11(13)8-16/h1-7H. The molecular formula is C13H7ClFNS. The average Bonchev–Trinajstić information content (AvgIpc) is 2.29. The molecule has 0 N–H and O–H groups in total. The molecule has 0 spiro atoms. The highest BCUT2D eigenvalue weighted by atomic mass is 35.5. The van der Waals surface area contributed by atoms with Gasteiger partial charge in [-0.3, -0.25) is 0 Å². The first-order chi connectivity index (χ1) is 8.20. The Morgan fingerprint density at radius 3 is 2.65 bits per heavy atom. The fourth-order valence-electron chi connectivity index (χ4n) is 1.36. The van der Waals surface area contributed by atoms with Gasteiger partial charge >= 0.3 is 0 Å². The molecule has 0 amide bonds. The Hall–Kier alpha value is -1.50. The fourth-order valence-corrected chi connectivity index (χ4v) is 2.59. The van der Waals surface area contributed by atoms with Crippen molar-refractivity contribution in [3.05, 3.63) is 58.9 Å². The summed E-state index contributed by atoms with van der Waals surface area (Å²) in [5, 5.41) is 9.52. The highest BCUT2D eigenvalue weighted by Gasteiger charge is 2.08. The van der Waals surface area contributed by atoms with Crippen LogP contribution in [0.2, 0.25) is 5.02 Å². The highest BCUT2D eigenvalue weighted by Crippen LogP contribution is 2.32. The van der Waals surface area contributed by atoms with Crippen molar-refractivity contribution in [1.29, 1.82) is 5.26 Å². The van der Waals surface area contributed by atoms with Gasteiger partial charge in [0.15, 0.2) is 0 Å². The molecule has 0 heterocycles. The Labute approximate surface area is 108 Å². The zero-order valence-corrected chi connectivity index (χ0v) is 10.2. The first-order valence-electron chi connectivity index (χ1n) is 4.83. The Bertz CT molecular complexity index is 592. The smallest absolute Gasteiger partial charge is 0.142 e. The maximum atomic E-state index is 13.4. The molecule has 0 aliphatic carbocycles. The van der Waals surface area contributed by atoms with Crippen LogP contribution in [0, 0.1) is 17.1 Å². The Balaban J connectivity index is 2.37. The van der Waals surface area contributed by atoms with Crippen LogP contribution in [0.4, 0.5) is 4.39 Å². The molecule has 84 valence electrons. The van der Waals surface area contributed by atoms with Crippen LogP contribution >= 0.6 is 23.4 Å². The number of halogens is 2. The molecule has 0 fully saturated rings. The summed E-state index contributed by atoms with van der Waals surface area (Å²) in [5.74, 6) is -0.500. The van der Waals surface area contributed by atoms with Crippen molar-refractivity contribution < 1.29 is 4.39 Å². The van der Waals surface area contributed by atoms with E-state index in [0.29, 0.717) is 9.92 Å². The van der Waals surface area contributed by atoms with Crippen LogP contribution in [0.25, 0.3) is 0 Å². The van der Waals surface area contributed by atoms with Gasteiger partial charge in [0, 0.05) is 14.8 Å². The molecule has 0 saturated heterocycles. The summed E-state index contributed by atoms with van der Waals surface area (Å²) < 4.78 is 13.4. The van der Waals surface area contributed by atoms with Crippen LogP contribution in [0.5, 0.6) is 0 Å². The number of nitrogens with zero attached hydrogens (tertiary/aromatic N) is 1. The van der Waals surface area contributed by atoms with Crippen LogP contribution < -0.4 is 0 Å². The van der Waals surface area contributed by atoms with Crippen LogP contribution in [0.15, 0.2) is 52.3 Å². The monoisotopic (exact) mass is 263 g/mol. The minimum absolute atomic E-state index is 0.0671. The van der Waals surface area contributed by atoms with E-state index in [2.05, 4.69) is 0 Å². The van der Waals surface area contributed by atoms with Crippen molar-refractivity contribution in [3.63, 3.8) is 0 Å². The summed E-state index contributed by atoms with van der Waals surface area (Å²) in [6.07, 6.45) is 0. The van der Waals surface area contributed by atoms with Gasteiger partial charge in [-0.2, -0.15) is 5.26 Å². The number of hydrogen-bond acceptors (Lipinski definition) is 2. The minimum atomic E-state index is -0.500. The third-order valence-electron chi connectivity index (χ3n) is 2.11. The average molecular weight is 264 g/mol. The molecule has 2 aromatic carbocycles. The van der Waals surface area contributed by atoms with E-state index in [1.807, 2.05) is 18.2 Å². The molecule has 2 aromatic rings. The van der Waals surface area contributed by atoms with Crippen LogP contribution in [-0.4, -0.2) is 0 Å². The van der Waals surface area contributed by atoms with Gasteiger partial charge in [-0.25, -0.2) is 4.39 Å². The summed E-state index contributed by atoms with van der Waals surface area (Å²) >= 11 is 7.18. The van der Waals surface area contributed by atoms with E-state index in [0.717, 1.165) is 4.90 Å². The van der Waals surface area contributed by atoms with Crippen molar-refractivity contribution in [2.45, 2.75) is 9.79 Å². The van der Waals surface area contributed by atoms with E-state index in [9.17, 15) is 4.39 Å². The molecule has 0 radical (unpaired) electrons. The third kappa shape index (κ3) is 2.79. The predicted molar refractivity (Wildman–Crippen MR) is 66.7 cm³/mol. The lowest BCUT2D eigenvalue weighted by molar-refractivity contribution is 0.620.